The van der Waals surface area contributed by atoms with Crippen molar-refractivity contribution in [2.75, 3.05) is 4.90 Å². The first-order valence-corrected chi connectivity index (χ1v) is 10.2. The fourth-order valence-corrected chi connectivity index (χ4v) is 4.68. The highest BCUT2D eigenvalue weighted by Crippen LogP contribution is 2.32. The van der Waals surface area contributed by atoms with Gasteiger partial charge in [0.05, 0.1) is 42.9 Å². The Kier molecular flexibility index (Phi) is 3.75. The van der Waals surface area contributed by atoms with Gasteiger partial charge in [0.15, 0.2) is 0 Å². The molecule has 0 N–H and O–H groups in total. The van der Waals surface area contributed by atoms with E-state index in [4.69, 9.17) is 5.10 Å². The highest BCUT2D eigenvalue weighted by molar-refractivity contribution is 5.55. The maximum atomic E-state index is 5.08. The predicted molar refractivity (Wildman–Crippen MR) is 111 cm³/mol. The van der Waals surface area contributed by atoms with Crippen LogP contribution in [0.1, 0.15) is 34.6 Å². The van der Waals surface area contributed by atoms with E-state index in [1.807, 2.05) is 10.9 Å². The third-order valence-electron chi connectivity index (χ3n) is 6.06. The summed E-state index contributed by atoms with van der Waals surface area (Å²) in [5.74, 6) is 0. The number of hydrogen-bond acceptors (Lipinski definition) is 4. The van der Waals surface area contributed by atoms with Crippen LogP contribution in [0.4, 0.5) is 5.69 Å². The Bertz CT molecular complexity index is 1170. The van der Waals surface area contributed by atoms with Crippen LogP contribution in [0.25, 0.3) is 5.69 Å². The number of hydrogen-bond donors (Lipinski definition) is 0. The van der Waals surface area contributed by atoms with E-state index in [9.17, 15) is 0 Å². The molecule has 1 aliphatic heterocycles. The molecule has 2 aliphatic rings. The molecule has 29 heavy (non-hydrogen) atoms. The van der Waals surface area contributed by atoms with E-state index in [0.29, 0.717) is 0 Å². The molecule has 4 aromatic rings. The first-order chi connectivity index (χ1) is 14.4. The summed E-state index contributed by atoms with van der Waals surface area (Å²) in [6.45, 7) is 2.35. The quantitative estimate of drug-likeness (QED) is 0.544. The number of rotatable bonds is 3. The van der Waals surface area contributed by atoms with Crippen molar-refractivity contribution in [3.05, 3.63) is 89.0 Å². The van der Waals surface area contributed by atoms with Crippen molar-refractivity contribution in [2.24, 2.45) is 0 Å². The lowest BCUT2D eigenvalue weighted by Crippen LogP contribution is -2.23. The summed E-state index contributed by atoms with van der Waals surface area (Å²) in [6, 6.07) is 19.1. The number of fused-ring (bicyclic) bond motifs is 3. The zero-order valence-corrected chi connectivity index (χ0v) is 16.2. The average Bonchev–Trinajstić information content (AvgIpc) is 3.46. The molecule has 0 atom stereocenters. The Hall–Kier alpha value is -3.41. The zero-order valence-electron chi connectivity index (χ0n) is 16.2. The molecule has 1 aliphatic carbocycles. The van der Waals surface area contributed by atoms with Crippen LogP contribution in [0.2, 0.25) is 0 Å². The van der Waals surface area contributed by atoms with Gasteiger partial charge in [-0.25, -0.2) is 9.36 Å². The lowest BCUT2D eigenvalue weighted by Gasteiger charge is -2.24. The van der Waals surface area contributed by atoms with Crippen LogP contribution >= 0.6 is 0 Å². The van der Waals surface area contributed by atoms with Gasteiger partial charge in [0.2, 0.25) is 0 Å². The summed E-state index contributed by atoms with van der Waals surface area (Å²) in [6.07, 6.45) is 5.31. The average molecular weight is 382 g/mol. The van der Waals surface area contributed by atoms with Crippen molar-refractivity contribution in [3.8, 4) is 5.69 Å². The Morgan fingerprint density at radius 1 is 0.897 bits per heavy atom. The molecule has 0 saturated carbocycles. The number of aromatic nitrogens is 5. The normalized spacial score (nSPS) is 15.0. The molecule has 6 heteroatoms. The molecule has 3 heterocycles. The van der Waals surface area contributed by atoms with Gasteiger partial charge in [-0.05, 0) is 48.6 Å². The minimum atomic E-state index is 0.762. The summed E-state index contributed by atoms with van der Waals surface area (Å²) in [5.41, 5.74) is 8.82. The smallest absolute Gasteiger partial charge is 0.0857 e. The first-order valence-electron chi connectivity index (χ1n) is 10.2. The Morgan fingerprint density at radius 2 is 1.76 bits per heavy atom. The van der Waals surface area contributed by atoms with Crippen LogP contribution in [-0.2, 0) is 32.5 Å². The minimum absolute atomic E-state index is 0.762. The van der Waals surface area contributed by atoms with E-state index >= 15 is 0 Å². The molecular formula is C23H22N6. The topological polar surface area (TPSA) is 51.8 Å². The molecule has 144 valence electrons. The van der Waals surface area contributed by atoms with E-state index in [1.165, 1.54) is 34.6 Å². The predicted octanol–water partition coefficient (Wildman–Crippen LogP) is 3.52. The number of anilines is 1. The second-order valence-electron chi connectivity index (χ2n) is 7.84. The van der Waals surface area contributed by atoms with Crippen molar-refractivity contribution >= 4 is 5.69 Å². The molecule has 0 fully saturated rings. The van der Waals surface area contributed by atoms with Crippen LogP contribution in [0.15, 0.2) is 60.8 Å². The van der Waals surface area contributed by atoms with Crippen molar-refractivity contribution in [3.63, 3.8) is 0 Å². The van der Waals surface area contributed by atoms with Crippen LogP contribution in [0, 0.1) is 0 Å². The van der Waals surface area contributed by atoms with Crippen LogP contribution < -0.4 is 4.90 Å². The fourth-order valence-electron chi connectivity index (χ4n) is 4.68. The molecule has 0 saturated heterocycles. The van der Waals surface area contributed by atoms with Gasteiger partial charge in [0.25, 0.3) is 0 Å². The van der Waals surface area contributed by atoms with Gasteiger partial charge in [0.1, 0.15) is 0 Å². The first kappa shape index (κ1) is 16.5. The summed E-state index contributed by atoms with van der Waals surface area (Å²) in [4.78, 5) is 2.42. The summed E-state index contributed by atoms with van der Waals surface area (Å²) in [5, 5.41) is 13.5. The molecule has 0 bridgehead atoms. The third kappa shape index (κ3) is 2.75. The van der Waals surface area contributed by atoms with Crippen LogP contribution in [0.3, 0.4) is 0 Å². The Balaban J connectivity index is 1.42. The van der Waals surface area contributed by atoms with Gasteiger partial charge < -0.3 is 4.90 Å². The number of nitrogens with zero attached hydrogens (tertiary/aromatic N) is 6. The van der Waals surface area contributed by atoms with Gasteiger partial charge in [-0.2, -0.15) is 5.10 Å². The standard InChI is InChI=1S/C23H22N6/c1-2-8-18(9-3-1)29-23-12-6-10-20(23)21(25-29)16-27-15-19-13-24-26-28(19)14-17-7-4-5-11-22(17)27/h1-5,7-9,11,13H,6,10,12,14-16H2. The maximum Gasteiger partial charge on any atom is 0.0857 e. The van der Waals surface area contributed by atoms with Crippen molar-refractivity contribution in [1.29, 1.82) is 0 Å². The van der Waals surface area contributed by atoms with Crippen molar-refractivity contribution < 1.29 is 0 Å². The van der Waals surface area contributed by atoms with Gasteiger partial charge >= 0.3 is 0 Å². The number of para-hydroxylation sites is 2. The van der Waals surface area contributed by atoms with Crippen LogP contribution in [-0.4, -0.2) is 24.8 Å². The fraction of sp³-hybridized carbons (Fsp3) is 0.261. The third-order valence-corrected chi connectivity index (χ3v) is 6.06. The summed E-state index contributed by atoms with van der Waals surface area (Å²) in [7, 11) is 0. The zero-order chi connectivity index (χ0) is 19.2. The monoisotopic (exact) mass is 382 g/mol. The molecule has 0 unspecified atom stereocenters. The molecule has 6 nitrogen and oxygen atoms in total. The van der Waals surface area contributed by atoms with E-state index < -0.39 is 0 Å². The van der Waals surface area contributed by atoms with E-state index in [1.54, 1.807) is 0 Å². The second-order valence-corrected chi connectivity index (χ2v) is 7.84. The van der Waals surface area contributed by atoms with E-state index in [0.717, 1.165) is 43.9 Å². The van der Waals surface area contributed by atoms with E-state index in [2.05, 4.69) is 74.5 Å². The van der Waals surface area contributed by atoms with Crippen LogP contribution in [0.5, 0.6) is 0 Å². The molecule has 2 aromatic carbocycles. The molecule has 0 radical (unpaired) electrons. The van der Waals surface area contributed by atoms with Gasteiger partial charge in [-0.15, -0.1) is 5.10 Å². The van der Waals surface area contributed by atoms with Gasteiger partial charge in [-0.3, -0.25) is 0 Å². The minimum Gasteiger partial charge on any atom is -0.359 e. The molecule has 0 amide bonds. The molecule has 6 rings (SSSR count). The molecule has 2 aromatic heterocycles. The Labute approximate surface area is 169 Å². The largest absolute Gasteiger partial charge is 0.359 e. The van der Waals surface area contributed by atoms with Crippen molar-refractivity contribution in [2.45, 2.75) is 38.9 Å². The lowest BCUT2D eigenvalue weighted by atomic mass is 10.1. The van der Waals surface area contributed by atoms with Gasteiger partial charge in [-0.1, -0.05) is 41.6 Å². The Morgan fingerprint density at radius 3 is 2.69 bits per heavy atom. The maximum absolute atomic E-state index is 5.08. The van der Waals surface area contributed by atoms with Gasteiger partial charge in [0, 0.05) is 11.4 Å². The second kappa shape index (κ2) is 6.58. The lowest BCUT2D eigenvalue weighted by molar-refractivity contribution is 0.624. The summed E-state index contributed by atoms with van der Waals surface area (Å²) >= 11 is 0. The van der Waals surface area contributed by atoms with Crippen molar-refractivity contribution in [1.82, 2.24) is 24.8 Å². The highest BCUT2D eigenvalue weighted by Gasteiger charge is 2.26. The molecule has 0 spiro atoms. The highest BCUT2D eigenvalue weighted by atomic mass is 15.4. The summed E-state index contributed by atoms with van der Waals surface area (Å²) < 4.78 is 4.17. The molecular weight excluding hydrogens is 360 g/mol. The number of benzene rings is 2. The van der Waals surface area contributed by atoms with E-state index in [-0.39, 0.29) is 0 Å². The SMILES string of the molecule is c1ccc(-n2nc(CN3Cc4cnnn4Cc4ccccc43)c3c2CCC3)cc1.